The Balaban J connectivity index is 0.935. The van der Waals surface area contributed by atoms with Crippen LogP contribution < -0.4 is 9.47 Å². The standard InChI is InChI=1S/C60H82O8/c1-35-36-15-17-41-53(6,25-29-57(10)43-33-51(4,47(62)65-13)21-19-49(43,2)23-27-55(41,57)8)38(36)31-40-46(35)68-59(12)37-16-18-42-54(7,39(37)32-45(61)60(59,64)67-40)26-30-58(11)44-34-52(5,48(63)66-14)22-20-50(44,3)24-28-56(42,58)9/h15-17,31-32,41-44,64H,18-30,33-34H2,1-14H3/t41?,42?,43?,44-,49-,50-,51-,52-,53+,54+,55-,56-,57+,58+,59-,60+/m1/s1. The second-order valence-corrected chi connectivity index (χ2v) is 27.8. The average molecular weight is 931 g/mol. The minimum absolute atomic E-state index is 0.00834. The van der Waals surface area contributed by atoms with Crippen molar-refractivity contribution in [3.8, 4) is 11.5 Å². The number of rotatable bonds is 2. The van der Waals surface area contributed by atoms with Crippen molar-refractivity contribution in [1.29, 1.82) is 0 Å². The predicted molar refractivity (Wildman–Crippen MR) is 264 cm³/mol. The van der Waals surface area contributed by atoms with E-state index >= 15 is 0 Å². The van der Waals surface area contributed by atoms with Crippen LogP contribution in [0.4, 0.5) is 0 Å². The number of methoxy groups -OCH3 is 2. The lowest BCUT2D eigenvalue weighted by atomic mass is 9.32. The molecule has 0 aromatic heterocycles. The third-order valence-corrected chi connectivity index (χ3v) is 25.1. The molecule has 9 aliphatic carbocycles. The highest BCUT2D eigenvalue weighted by molar-refractivity contribution is 6.02. The summed E-state index contributed by atoms with van der Waals surface area (Å²) in [6.07, 6.45) is 23.6. The number of allylic oxidation sites excluding steroid dienone is 2. The zero-order valence-electron chi connectivity index (χ0n) is 44.1. The molecule has 6 fully saturated rings. The van der Waals surface area contributed by atoms with Gasteiger partial charge in [0.2, 0.25) is 11.4 Å². The monoisotopic (exact) mass is 931 g/mol. The lowest BCUT2D eigenvalue weighted by Crippen LogP contribution is -2.71. The van der Waals surface area contributed by atoms with Gasteiger partial charge in [0, 0.05) is 16.6 Å². The van der Waals surface area contributed by atoms with Gasteiger partial charge in [0.25, 0.3) is 0 Å². The molecule has 1 aliphatic heterocycles. The van der Waals surface area contributed by atoms with Gasteiger partial charge in [-0.2, -0.15) is 0 Å². The van der Waals surface area contributed by atoms with E-state index in [0.29, 0.717) is 23.3 Å². The molecule has 10 aliphatic rings. The smallest absolute Gasteiger partial charge is 0.317 e. The van der Waals surface area contributed by atoms with Crippen molar-refractivity contribution < 1.29 is 38.4 Å². The van der Waals surface area contributed by atoms with Crippen LogP contribution in [0.15, 0.2) is 35.4 Å². The number of ketones is 1. The van der Waals surface area contributed by atoms with Crippen LogP contribution in [0.25, 0.3) is 6.08 Å². The molecule has 0 spiro atoms. The minimum atomic E-state index is -2.25. The SMILES string of the molecule is COC(=O)[C@]1(C)CC[C@]2(C)CC[C@]3(C)C4C=Cc5c(cc6c(c5C)O[C@]5(C)C7=CCC8[C@@](C)(CC[C@@]9(C)[C@@H]%10C[C@](C)(C(=O)OC)CC[C@]%10(C)CC[C@]89C)C7=CC(=O)[C@]5(O)O6)[C@]4(C)CC[C@@]3(C)C2C1. The highest BCUT2D eigenvalue weighted by Crippen LogP contribution is 2.78. The van der Waals surface area contributed by atoms with Gasteiger partial charge in [-0.3, -0.25) is 14.4 Å². The lowest BCUT2D eigenvalue weighted by Gasteiger charge is -2.72. The van der Waals surface area contributed by atoms with E-state index in [9.17, 15) is 19.5 Å². The van der Waals surface area contributed by atoms with Crippen LogP contribution in [0, 0.1) is 79.3 Å². The number of fused-ring (bicyclic) bond motifs is 17. The summed E-state index contributed by atoms with van der Waals surface area (Å²) in [4.78, 5) is 41.6. The molecule has 8 heteroatoms. The number of hydrogen-bond donors (Lipinski definition) is 1. The van der Waals surface area contributed by atoms with E-state index < -0.39 is 28.0 Å². The molecule has 6 saturated carbocycles. The highest BCUT2D eigenvalue weighted by Gasteiger charge is 2.73. The number of hydrogen-bond acceptors (Lipinski definition) is 8. The molecule has 0 bridgehead atoms. The van der Waals surface area contributed by atoms with Gasteiger partial charge in [0.05, 0.1) is 25.0 Å². The largest absolute Gasteiger partial charge is 0.471 e. The van der Waals surface area contributed by atoms with Crippen molar-refractivity contribution in [2.24, 2.45) is 72.4 Å². The highest BCUT2D eigenvalue weighted by atomic mass is 16.7. The number of esters is 2. The summed E-state index contributed by atoms with van der Waals surface area (Å²) in [5, 5.41) is 12.9. The Hall–Kier alpha value is -3.39. The topological polar surface area (TPSA) is 108 Å². The Morgan fingerprint density at radius 1 is 0.632 bits per heavy atom. The van der Waals surface area contributed by atoms with Crippen molar-refractivity contribution in [2.45, 2.75) is 196 Å². The summed E-state index contributed by atoms with van der Waals surface area (Å²) >= 11 is 0. The van der Waals surface area contributed by atoms with Crippen LogP contribution in [0.3, 0.4) is 0 Å². The first-order valence-electron chi connectivity index (χ1n) is 26.7. The summed E-state index contributed by atoms with van der Waals surface area (Å²) in [5.74, 6) is -0.536. The van der Waals surface area contributed by atoms with Gasteiger partial charge in [-0.25, -0.2) is 0 Å². The quantitative estimate of drug-likeness (QED) is 0.292. The first kappa shape index (κ1) is 47.0. The second-order valence-electron chi connectivity index (χ2n) is 27.8. The molecule has 370 valence electrons. The zero-order valence-corrected chi connectivity index (χ0v) is 44.1. The molecule has 1 aromatic rings. The van der Waals surface area contributed by atoms with E-state index in [4.69, 9.17) is 18.9 Å². The molecule has 1 aromatic carbocycles. The maximum absolute atomic E-state index is 15.0. The average Bonchev–Trinajstić information content (AvgIpc) is 3.29. The number of aliphatic hydroxyl groups is 1. The van der Waals surface area contributed by atoms with Crippen LogP contribution >= 0.6 is 0 Å². The summed E-state index contributed by atoms with van der Waals surface area (Å²) < 4.78 is 25.0. The van der Waals surface area contributed by atoms with E-state index in [0.717, 1.165) is 119 Å². The molecule has 68 heavy (non-hydrogen) atoms. The number of benzene rings is 1. The molecule has 1 N–H and O–H groups in total. The second kappa shape index (κ2) is 13.8. The molecule has 11 rings (SSSR count). The third kappa shape index (κ3) is 5.31. The normalized spacial score (nSPS) is 51.5. The first-order chi connectivity index (χ1) is 31.6. The van der Waals surface area contributed by atoms with Gasteiger partial charge in [-0.05, 0) is 214 Å². The molecule has 3 unspecified atom stereocenters. The Kier molecular flexibility index (Phi) is 9.50. The molecule has 0 saturated heterocycles. The Morgan fingerprint density at radius 2 is 1.13 bits per heavy atom. The maximum Gasteiger partial charge on any atom is 0.317 e. The lowest BCUT2D eigenvalue weighted by molar-refractivity contribution is -0.236. The Labute approximate surface area is 407 Å². The fourth-order valence-corrected chi connectivity index (χ4v) is 19.8. The van der Waals surface area contributed by atoms with Crippen molar-refractivity contribution >= 4 is 23.8 Å². The molecule has 0 amide bonds. The van der Waals surface area contributed by atoms with E-state index in [1.165, 1.54) is 19.8 Å². The molecule has 16 atom stereocenters. The maximum atomic E-state index is 15.0. The Morgan fingerprint density at radius 3 is 1.71 bits per heavy atom. The van der Waals surface area contributed by atoms with Crippen molar-refractivity contribution in [2.75, 3.05) is 14.2 Å². The van der Waals surface area contributed by atoms with Gasteiger partial charge in [0.15, 0.2) is 11.5 Å². The van der Waals surface area contributed by atoms with Crippen molar-refractivity contribution in [1.82, 2.24) is 0 Å². The number of carbonyl (C=O) groups excluding carboxylic acids is 3. The molecule has 8 nitrogen and oxygen atoms in total. The Bertz CT molecular complexity index is 2550. The fraction of sp³-hybridized carbons (Fsp3) is 0.750. The molecular formula is C60H82O8. The van der Waals surface area contributed by atoms with E-state index in [-0.39, 0.29) is 67.1 Å². The van der Waals surface area contributed by atoms with Crippen LogP contribution in [0.5, 0.6) is 11.5 Å². The van der Waals surface area contributed by atoms with Crippen LogP contribution in [0.1, 0.15) is 189 Å². The minimum Gasteiger partial charge on any atom is -0.471 e. The predicted octanol–water partition coefficient (Wildman–Crippen LogP) is 12.7. The molecule has 0 radical (unpaired) electrons. The van der Waals surface area contributed by atoms with Crippen LogP contribution in [-0.2, 0) is 29.3 Å². The summed E-state index contributed by atoms with van der Waals surface area (Å²) in [6.45, 7) is 28.2. The van der Waals surface area contributed by atoms with E-state index in [1.54, 1.807) is 6.08 Å². The summed E-state index contributed by atoms with van der Waals surface area (Å²) in [6, 6.07) is 2.12. The van der Waals surface area contributed by atoms with Crippen LogP contribution in [0.2, 0.25) is 0 Å². The number of carbonyl (C=O) groups is 3. The van der Waals surface area contributed by atoms with Gasteiger partial charge in [-0.1, -0.05) is 73.6 Å². The van der Waals surface area contributed by atoms with Gasteiger partial charge in [-0.15, -0.1) is 0 Å². The van der Waals surface area contributed by atoms with Crippen molar-refractivity contribution in [3.05, 3.63) is 52.1 Å². The molecule has 1 heterocycles. The summed E-state index contributed by atoms with van der Waals surface area (Å²) in [5.41, 5.74) is 2.50. The third-order valence-electron chi connectivity index (χ3n) is 25.1. The van der Waals surface area contributed by atoms with E-state index in [1.807, 2.05) is 6.92 Å². The number of ether oxygens (including phenoxy) is 4. The van der Waals surface area contributed by atoms with E-state index in [2.05, 4.69) is 100 Å². The van der Waals surface area contributed by atoms with Gasteiger partial charge in [0.1, 0.15) is 0 Å². The summed E-state index contributed by atoms with van der Waals surface area (Å²) in [7, 11) is 3.07. The van der Waals surface area contributed by atoms with Gasteiger partial charge >= 0.3 is 17.7 Å². The zero-order chi connectivity index (χ0) is 49.1. The van der Waals surface area contributed by atoms with Gasteiger partial charge < -0.3 is 24.1 Å². The van der Waals surface area contributed by atoms with Crippen molar-refractivity contribution in [3.63, 3.8) is 0 Å². The molecular weight excluding hydrogens is 849 g/mol. The fourth-order valence-electron chi connectivity index (χ4n) is 19.8. The van der Waals surface area contributed by atoms with Crippen LogP contribution in [-0.4, -0.2) is 48.4 Å². The first-order valence-corrected chi connectivity index (χ1v) is 26.7.